The molecule has 5 rings (SSSR count). The van der Waals surface area contributed by atoms with Gasteiger partial charge in [-0.3, -0.25) is 19.3 Å². The van der Waals surface area contributed by atoms with Crippen LogP contribution >= 0.6 is 11.8 Å². The molecule has 3 heterocycles. The first kappa shape index (κ1) is 23.5. The summed E-state index contributed by atoms with van der Waals surface area (Å²) in [7, 11) is 0. The summed E-state index contributed by atoms with van der Waals surface area (Å²) in [6.45, 7) is 0.351. The van der Waals surface area contributed by atoms with Gasteiger partial charge in [0, 0.05) is 29.3 Å². The summed E-state index contributed by atoms with van der Waals surface area (Å²) < 4.78 is 57.5. The normalized spacial score (nSPS) is 22.9. The highest BCUT2D eigenvalue weighted by molar-refractivity contribution is 8.02. The summed E-state index contributed by atoms with van der Waals surface area (Å²) in [5.74, 6) is -1.58. The number of amides is 1. The highest BCUT2D eigenvalue weighted by Gasteiger charge is 2.48. The molecule has 184 valence electrons. The number of hydrogen-bond acceptors (Lipinski definition) is 5. The number of thioether (sulfide) groups is 1. The van der Waals surface area contributed by atoms with E-state index in [1.54, 1.807) is 18.2 Å². The molecule has 35 heavy (non-hydrogen) atoms. The van der Waals surface area contributed by atoms with Crippen molar-refractivity contribution in [3.63, 3.8) is 0 Å². The van der Waals surface area contributed by atoms with Crippen LogP contribution in [-0.2, 0) is 5.75 Å². The summed E-state index contributed by atoms with van der Waals surface area (Å²) in [5.41, 5.74) is 0.729. The molecule has 0 saturated carbocycles. The van der Waals surface area contributed by atoms with E-state index in [1.807, 2.05) is 18.2 Å². The van der Waals surface area contributed by atoms with Gasteiger partial charge in [-0.15, -0.1) is 11.8 Å². The minimum atomic E-state index is -4.75. The number of rotatable bonds is 2. The van der Waals surface area contributed by atoms with E-state index >= 15 is 4.39 Å². The molecule has 0 saturated heterocycles. The molecule has 0 spiro atoms. The molecule has 0 radical (unpaired) electrons. The Morgan fingerprint density at radius 2 is 1.91 bits per heavy atom. The third-order valence-corrected chi connectivity index (χ3v) is 7.83. The fraction of sp³-hybridized carbons (Fsp3) is 0.333. The highest BCUT2D eigenvalue weighted by atomic mass is 32.2. The molecule has 1 aliphatic carbocycles. The average molecular weight is 508 g/mol. The van der Waals surface area contributed by atoms with Crippen molar-refractivity contribution in [3.8, 4) is 5.75 Å². The maximum absolute atomic E-state index is 15.0. The van der Waals surface area contributed by atoms with Gasteiger partial charge < -0.3 is 10.0 Å². The monoisotopic (exact) mass is 507 g/mol. The second kappa shape index (κ2) is 8.47. The van der Waals surface area contributed by atoms with Crippen LogP contribution < -0.4 is 10.4 Å². The minimum Gasteiger partial charge on any atom is -0.502 e. The van der Waals surface area contributed by atoms with Crippen molar-refractivity contribution in [2.24, 2.45) is 0 Å². The molecule has 1 aromatic carbocycles. The van der Waals surface area contributed by atoms with Crippen LogP contribution in [0.25, 0.3) is 0 Å². The molecular weight excluding hydrogens is 486 g/mol. The first-order chi connectivity index (χ1) is 16.6. The molecule has 2 aliphatic heterocycles. The fourth-order valence-corrected chi connectivity index (χ4v) is 5.89. The second-order valence-electron chi connectivity index (χ2n) is 8.61. The standard InChI is InChI=1S/C24H21F4N3O3S/c1-13(24(26,27)28)29-12-31(30-10-9-18(32)21(33)20(30)23(29)34)19-15-6-3-2-5-14(15)11-35-22-16(19)7-4-8-17(22)25/h2-7,9-10,13,17,19,33H,8,11-12H2,1H3. The lowest BCUT2D eigenvalue weighted by Crippen LogP contribution is -2.60. The molecule has 2 aromatic rings. The van der Waals surface area contributed by atoms with Crippen molar-refractivity contribution >= 4 is 17.7 Å². The zero-order valence-corrected chi connectivity index (χ0v) is 19.3. The van der Waals surface area contributed by atoms with Crippen molar-refractivity contribution in [2.75, 3.05) is 11.7 Å². The predicted molar refractivity (Wildman–Crippen MR) is 123 cm³/mol. The number of pyridine rings is 1. The third-order valence-electron chi connectivity index (χ3n) is 6.57. The van der Waals surface area contributed by atoms with E-state index in [4.69, 9.17) is 0 Å². The van der Waals surface area contributed by atoms with E-state index in [2.05, 4.69) is 0 Å². The minimum absolute atomic E-state index is 0.189. The van der Waals surface area contributed by atoms with Crippen LogP contribution in [0.4, 0.5) is 17.6 Å². The average Bonchev–Trinajstić information content (AvgIpc) is 2.98. The summed E-state index contributed by atoms with van der Waals surface area (Å²) >= 11 is 1.34. The number of nitrogens with zero attached hydrogens (tertiary/aromatic N) is 3. The maximum atomic E-state index is 15.0. The molecule has 0 bridgehead atoms. The molecule has 3 atom stereocenters. The zero-order valence-electron chi connectivity index (χ0n) is 18.5. The van der Waals surface area contributed by atoms with Gasteiger partial charge in [0.05, 0.1) is 6.04 Å². The number of hydrogen-bond donors (Lipinski definition) is 1. The molecule has 1 N–H and O–H groups in total. The predicted octanol–water partition coefficient (Wildman–Crippen LogP) is 4.40. The van der Waals surface area contributed by atoms with Crippen LogP contribution in [0.5, 0.6) is 5.75 Å². The Labute approximate surface area is 202 Å². The van der Waals surface area contributed by atoms with Crippen LogP contribution in [0.2, 0.25) is 0 Å². The number of alkyl halides is 4. The second-order valence-corrected chi connectivity index (χ2v) is 9.63. The number of benzene rings is 1. The van der Waals surface area contributed by atoms with Gasteiger partial charge in [-0.25, -0.2) is 4.39 Å². The quantitative estimate of drug-likeness (QED) is 0.611. The van der Waals surface area contributed by atoms with Crippen LogP contribution in [-0.4, -0.2) is 45.6 Å². The summed E-state index contributed by atoms with van der Waals surface area (Å²) in [5, 5.41) is 12.0. The Bertz CT molecular complexity index is 1320. The molecule has 11 heteroatoms. The Balaban J connectivity index is 1.77. The van der Waals surface area contributed by atoms with Gasteiger partial charge in [0.15, 0.2) is 11.4 Å². The van der Waals surface area contributed by atoms with E-state index in [-0.39, 0.29) is 6.42 Å². The van der Waals surface area contributed by atoms with Gasteiger partial charge in [-0.05, 0) is 23.6 Å². The number of carbonyl (C=O) groups is 1. The third kappa shape index (κ3) is 3.81. The maximum Gasteiger partial charge on any atom is 0.408 e. The summed E-state index contributed by atoms with van der Waals surface area (Å²) in [4.78, 5) is 26.4. The van der Waals surface area contributed by atoms with Crippen LogP contribution in [0, 0.1) is 0 Å². The zero-order chi connectivity index (χ0) is 25.1. The Hall–Kier alpha value is -3.21. The lowest BCUT2D eigenvalue weighted by atomic mass is 9.90. The fourth-order valence-electron chi connectivity index (χ4n) is 4.70. The van der Waals surface area contributed by atoms with Gasteiger partial charge >= 0.3 is 6.18 Å². The van der Waals surface area contributed by atoms with E-state index in [0.29, 0.717) is 21.1 Å². The Kier molecular flexibility index (Phi) is 5.70. The number of aromatic nitrogens is 1. The SMILES string of the molecule is CC(N1CN(C2C3=C(SCc4ccccc42)C(F)CC=C3)n2ccc(=O)c(O)c2C1=O)C(F)(F)F. The molecule has 3 unspecified atom stereocenters. The van der Waals surface area contributed by atoms with E-state index < -0.39 is 53.9 Å². The lowest BCUT2D eigenvalue weighted by Gasteiger charge is -2.46. The van der Waals surface area contributed by atoms with Gasteiger partial charge in [0.2, 0.25) is 5.43 Å². The molecular formula is C24H21F4N3O3S. The first-order valence-electron chi connectivity index (χ1n) is 10.9. The van der Waals surface area contributed by atoms with Crippen molar-refractivity contribution in [1.82, 2.24) is 9.58 Å². The first-order valence-corrected chi connectivity index (χ1v) is 11.9. The number of halogens is 4. The van der Waals surface area contributed by atoms with Crippen LogP contribution in [0.1, 0.15) is 41.0 Å². The topological polar surface area (TPSA) is 65.8 Å². The Morgan fingerprint density at radius 1 is 1.17 bits per heavy atom. The van der Waals surface area contributed by atoms with Gasteiger partial charge in [0.1, 0.15) is 18.9 Å². The highest BCUT2D eigenvalue weighted by Crippen LogP contribution is 2.46. The van der Waals surface area contributed by atoms with E-state index in [0.717, 1.165) is 24.1 Å². The number of allylic oxidation sites excluding steroid dienone is 2. The van der Waals surface area contributed by atoms with Gasteiger partial charge in [0.25, 0.3) is 5.91 Å². The molecule has 3 aliphatic rings. The lowest BCUT2D eigenvalue weighted by molar-refractivity contribution is -0.173. The van der Waals surface area contributed by atoms with Crippen molar-refractivity contribution in [1.29, 1.82) is 0 Å². The van der Waals surface area contributed by atoms with E-state index in [9.17, 15) is 27.9 Å². The number of aromatic hydroxyl groups is 1. The van der Waals surface area contributed by atoms with Crippen LogP contribution in [0.3, 0.4) is 0 Å². The molecule has 1 aromatic heterocycles. The van der Waals surface area contributed by atoms with Crippen molar-refractivity contribution < 1.29 is 27.5 Å². The largest absolute Gasteiger partial charge is 0.502 e. The van der Waals surface area contributed by atoms with Crippen molar-refractivity contribution in [3.05, 3.63) is 86.2 Å². The molecule has 0 fully saturated rings. The smallest absolute Gasteiger partial charge is 0.408 e. The number of fused-ring (bicyclic) bond motifs is 2. The summed E-state index contributed by atoms with van der Waals surface area (Å²) in [6.07, 6.45) is -1.12. The van der Waals surface area contributed by atoms with Gasteiger partial charge in [-0.1, -0.05) is 36.4 Å². The van der Waals surface area contributed by atoms with Crippen LogP contribution in [0.15, 0.2) is 64.0 Å². The number of carbonyl (C=O) groups excluding carboxylic acids is 1. The Morgan fingerprint density at radius 3 is 2.66 bits per heavy atom. The van der Waals surface area contributed by atoms with Gasteiger partial charge in [-0.2, -0.15) is 13.2 Å². The van der Waals surface area contributed by atoms with Crippen molar-refractivity contribution in [2.45, 2.75) is 43.5 Å². The molecule has 1 amide bonds. The molecule has 6 nitrogen and oxygen atoms in total. The summed E-state index contributed by atoms with van der Waals surface area (Å²) in [6, 6.07) is 5.39. The van der Waals surface area contributed by atoms with E-state index in [1.165, 1.54) is 27.6 Å².